The van der Waals surface area contributed by atoms with Gasteiger partial charge in [-0.25, -0.2) is 0 Å². The van der Waals surface area contributed by atoms with Crippen molar-refractivity contribution in [3.8, 4) is 0 Å². The van der Waals surface area contributed by atoms with E-state index in [1.54, 1.807) is 0 Å². The summed E-state index contributed by atoms with van der Waals surface area (Å²) in [5, 5.41) is 0. The standard InChI is InChI=1S/C12H12O/c1-2-6-11-9(4-1)8-10-5-3-7-13-12(10)11/h1-4,6-7,10,12H,5,8H2/t10-,12-/m1/s1. The van der Waals surface area contributed by atoms with Gasteiger partial charge in [0.1, 0.15) is 6.10 Å². The molecule has 3 rings (SSSR count). The number of rotatable bonds is 0. The predicted octanol–water partition coefficient (Wildman–Crippen LogP) is 2.83. The van der Waals surface area contributed by atoms with Crippen molar-refractivity contribution in [1.82, 2.24) is 0 Å². The molecule has 1 aromatic carbocycles. The van der Waals surface area contributed by atoms with E-state index in [0.29, 0.717) is 12.0 Å². The maximum Gasteiger partial charge on any atom is 0.126 e. The van der Waals surface area contributed by atoms with Crippen molar-refractivity contribution in [3.63, 3.8) is 0 Å². The highest BCUT2D eigenvalue weighted by molar-refractivity contribution is 5.35. The van der Waals surface area contributed by atoms with Gasteiger partial charge in [-0.15, -0.1) is 0 Å². The molecule has 1 heteroatoms. The smallest absolute Gasteiger partial charge is 0.126 e. The molecule has 0 bridgehead atoms. The number of fused-ring (bicyclic) bond motifs is 3. The van der Waals surface area contributed by atoms with Gasteiger partial charge in [0.05, 0.1) is 6.26 Å². The first-order chi connectivity index (χ1) is 6.45. The number of benzene rings is 1. The van der Waals surface area contributed by atoms with Crippen LogP contribution in [0.25, 0.3) is 0 Å². The highest BCUT2D eigenvalue weighted by atomic mass is 16.5. The van der Waals surface area contributed by atoms with Gasteiger partial charge >= 0.3 is 0 Å². The van der Waals surface area contributed by atoms with Crippen molar-refractivity contribution in [3.05, 3.63) is 47.7 Å². The molecule has 0 aromatic heterocycles. The summed E-state index contributed by atoms with van der Waals surface area (Å²) in [7, 11) is 0. The third-order valence-electron chi connectivity index (χ3n) is 3.03. The Kier molecular flexibility index (Phi) is 1.45. The minimum atomic E-state index is 0.334. The van der Waals surface area contributed by atoms with Crippen LogP contribution < -0.4 is 0 Å². The average molecular weight is 172 g/mol. The van der Waals surface area contributed by atoms with Gasteiger partial charge in [0, 0.05) is 5.92 Å². The van der Waals surface area contributed by atoms with Crippen molar-refractivity contribution < 1.29 is 4.74 Å². The molecular weight excluding hydrogens is 160 g/mol. The molecule has 1 nitrogen and oxygen atoms in total. The Hall–Kier alpha value is -1.24. The largest absolute Gasteiger partial charge is 0.493 e. The van der Waals surface area contributed by atoms with Gasteiger partial charge in [-0.2, -0.15) is 0 Å². The van der Waals surface area contributed by atoms with E-state index in [0.717, 1.165) is 0 Å². The molecule has 1 aliphatic carbocycles. The van der Waals surface area contributed by atoms with Gasteiger partial charge in [0.15, 0.2) is 0 Å². The van der Waals surface area contributed by atoms with Crippen LogP contribution >= 0.6 is 0 Å². The van der Waals surface area contributed by atoms with Crippen molar-refractivity contribution in [2.24, 2.45) is 5.92 Å². The summed E-state index contributed by atoms with van der Waals surface area (Å²) in [5.74, 6) is 0.683. The van der Waals surface area contributed by atoms with Crippen LogP contribution in [0.3, 0.4) is 0 Å². The summed E-state index contributed by atoms with van der Waals surface area (Å²) in [4.78, 5) is 0. The van der Waals surface area contributed by atoms with Crippen LogP contribution in [0.1, 0.15) is 23.7 Å². The van der Waals surface area contributed by atoms with Crippen LogP contribution in [-0.2, 0) is 11.2 Å². The van der Waals surface area contributed by atoms with Crippen LogP contribution in [0.4, 0.5) is 0 Å². The molecule has 0 saturated heterocycles. The van der Waals surface area contributed by atoms with E-state index >= 15 is 0 Å². The highest BCUT2D eigenvalue weighted by Crippen LogP contribution is 2.42. The second-order valence-corrected chi connectivity index (χ2v) is 3.83. The Labute approximate surface area is 78.0 Å². The first-order valence-electron chi connectivity index (χ1n) is 4.83. The summed E-state index contributed by atoms with van der Waals surface area (Å²) in [5.41, 5.74) is 2.87. The molecule has 0 fully saturated rings. The lowest BCUT2D eigenvalue weighted by molar-refractivity contribution is 0.0849. The molecule has 0 amide bonds. The summed E-state index contributed by atoms with van der Waals surface area (Å²) >= 11 is 0. The molecule has 0 unspecified atom stereocenters. The average Bonchev–Trinajstić information content (AvgIpc) is 2.56. The van der Waals surface area contributed by atoms with Crippen molar-refractivity contribution in [1.29, 1.82) is 0 Å². The fourth-order valence-corrected chi connectivity index (χ4v) is 2.40. The molecule has 1 heterocycles. The van der Waals surface area contributed by atoms with Crippen LogP contribution in [-0.4, -0.2) is 0 Å². The molecule has 1 aromatic rings. The summed E-state index contributed by atoms with van der Waals surface area (Å²) in [6.45, 7) is 0. The zero-order chi connectivity index (χ0) is 8.67. The summed E-state index contributed by atoms with van der Waals surface area (Å²) in [6, 6.07) is 8.63. The summed E-state index contributed by atoms with van der Waals surface area (Å²) < 4.78 is 5.65. The quantitative estimate of drug-likeness (QED) is 0.584. The van der Waals surface area contributed by atoms with E-state index in [9.17, 15) is 0 Å². The fourth-order valence-electron chi connectivity index (χ4n) is 2.40. The van der Waals surface area contributed by atoms with Crippen LogP contribution in [0, 0.1) is 5.92 Å². The maximum atomic E-state index is 5.65. The summed E-state index contributed by atoms with van der Waals surface area (Å²) in [6.07, 6.45) is 6.67. The lowest BCUT2D eigenvalue weighted by Gasteiger charge is -2.22. The SMILES string of the molecule is C1=CO[C@H]2c3ccccc3C[C@H]2C1. The third kappa shape index (κ3) is 0.998. The van der Waals surface area contributed by atoms with Crippen molar-refractivity contribution >= 4 is 0 Å². The van der Waals surface area contributed by atoms with Gasteiger partial charge in [-0.3, -0.25) is 0 Å². The van der Waals surface area contributed by atoms with Crippen LogP contribution in [0.5, 0.6) is 0 Å². The predicted molar refractivity (Wildman–Crippen MR) is 51.2 cm³/mol. The number of allylic oxidation sites excluding steroid dienone is 1. The van der Waals surface area contributed by atoms with E-state index in [2.05, 4.69) is 30.3 Å². The maximum absolute atomic E-state index is 5.65. The van der Waals surface area contributed by atoms with E-state index in [-0.39, 0.29) is 0 Å². The van der Waals surface area contributed by atoms with Gasteiger partial charge in [-0.05, 0) is 30.0 Å². The molecule has 13 heavy (non-hydrogen) atoms. The van der Waals surface area contributed by atoms with E-state index in [1.807, 2.05) is 6.26 Å². The molecule has 2 aliphatic rings. The minimum absolute atomic E-state index is 0.334. The monoisotopic (exact) mass is 172 g/mol. The first-order valence-corrected chi connectivity index (χ1v) is 4.83. The molecule has 66 valence electrons. The normalized spacial score (nSPS) is 29.2. The molecule has 0 radical (unpaired) electrons. The third-order valence-corrected chi connectivity index (χ3v) is 3.03. The topological polar surface area (TPSA) is 9.23 Å². The Bertz CT molecular complexity index is 354. The Morgan fingerprint density at radius 1 is 1.23 bits per heavy atom. The lowest BCUT2D eigenvalue weighted by atomic mass is 9.98. The molecule has 1 aliphatic heterocycles. The Balaban J connectivity index is 2.05. The minimum Gasteiger partial charge on any atom is -0.493 e. The van der Waals surface area contributed by atoms with Crippen molar-refractivity contribution in [2.75, 3.05) is 0 Å². The van der Waals surface area contributed by atoms with Crippen molar-refractivity contribution in [2.45, 2.75) is 18.9 Å². The molecule has 0 saturated carbocycles. The van der Waals surface area contributed by atoms with Gasteiger partial charge < -0.3 is 4.74 Å². The number of hydrogen-bond acceptors (Lipinski definition) is 1. The van der Waals surface area contributed by atoms with E-state index in [4.69, 9.17) is 4.74 Å². The van der Waals surface area contributed by atoms with Crippen LogP contribution in [0.15, 0.2) is 36.6 Å². The number of ether oxygens (including phenoxy) is 1. The Morgan fingerprint density at radius 2 is 2.15 bits per heavy atom. The Morgan fingerprint density at radius 3 is 3.15 bits per heavy atom. The van der Waals surface area contributed by atoms with Crippen LogP contribution in [0.2, 0.25) is 0 Å². The zero-order valence-corrected chi connectivity index (χ0v) is 7.44. The van der Waals surface area contributed by atoms with E-state index in [1.165, 1.54) is 24.0 Å². The van der Waals surface area contributed by atoms with Gasteiger partial charge in [0.25, 0.3) is 0 Å². The van der Waals surface area contributed by atoms with Gasteiger partial charge in [-0.1, -0.05) is 24.3 Å². The lowest BCUT2D eigenvalue weighted by Crippen LogP contribution is -2.11. The first kappa shape index (κ1) is 7.19. The van der Waals surface area contributed by atoms with Gasteiger partial charge in [0.2, 0.25) is 0 Å². The molecule has 2 atom stereocenters. The zero-order valence-electron chi connectivity index (χ0n) is 7.44. The second kappa shape index (κ2) is 2.63. The highest BCUT2D eigenvalue weighted by Gasteiger charge is 2.33. The molecule has 0 spiro atoms. The van der Waals surface area contributed by atoms with E-state index < -0.39 is 0 Å². The molecule has 0 N–H and O–H groups in total. The second-order valence-electron chi connectivity index (χ2n) is 3.83. The fraction of sp³-hybridized carbons (Fsp3) is 0.333. The number of hydrogen-bond donors (Lipinski definition) is 0. The molecular formula is C12H12O.